The van der Waals surface area contributed by atoms with E-state index in [1.54, 1.807) is 16.8 Å². The fourth-order valence-corrected chi connectivity index (χ4v) is 4.72. The molecule has 0 bridgehead atoms. The van der Waals surface area contributed by atoms with Crippen LogP contribution in [-0.2, 0) is 23.0 Å². The molecule has 0 unspecified atom stereocenters. The standard InChI is InChI=1S/C22H21N5O2S/c28-30(29,21-15-24-27(16-21)19-6-2-1-3-7-19)25-18-11-9-17(10-12-18)22-23-14-20-8-4-5-13-26(20)22/h1-3,6-7,9-12,14-16,25H,4-5,8,13H2. The summed E-state index contributed by atoms with van der Waals surface area (Å²) in [5.74, 6) is 0.934. The Morgan fingerprint density at radius 2 is 1.73 bits per heavy atom. The number of aromatic nitrogens is 4. The van der Waals surface area contributed by atoms with Crippen LogP contribution in [0.5, 0.6) is 0 Å². The van der Waals surface area contributed by atoms with Gasteiger partial charge in [0, 0.05) is 29.7 Å². The lowest BCUT2D eigenvalue weighted by atomic mass is 10.1. The first kappa shape index (κ1) is 18.6. The quantitative estimate of drug-likeness (QED) is 0.532. The van der Waals surface area contributed by atoms with E-state index in [-0.39, 0.29) is 4.90 Å². The number of benzene rings is 2. The molecule has 0 saturated carbocycles. The van der Waals surface area contributed by atoms with Crippen LogP contribution < -0.4 is 4.72 Å². The molecule has 2 aromatic heterocycles. The number of anilines is 1. The van der Waals surface area contributed by atoms with Gasteiger partial charge >= 0.3 is 0 Å². The first-order valence-corrected chi connectivity index (χ1v) is 11.4. The molecule has 3 heterocycles. The Balaban J connectivity index is 1.36. The average Bonchev–Trinajstić information content (AvgIpc) is 3.43. The molecule has 8 heteroatoms. The van der Waals surface area contributed by atoms with Gasteiger partial charge in [0.15, 0.2) is 0 Å². The van der Waals surface area contributed by atoms with Gasteiger partial charge in [0.25, 0.3) is 10.0 Å². The van der Waals surface area contributed by atoms with Gasteiger partial charge in [0.2, 0.25) is 0 Å². The van der Waals surface area contributed by atoms with Crippen molar-refractivity contribution in [2.45, 2.75) is 30.7 Å². The molecule has 0 fully saturated rings. The second-order valence-electron chi connectivity index (χ2n) is 7.32. The Kier molecular flexibility index (Phi) is 4.63. The fourth-order valence-electron chi connectivity index (χ4n) is 3.73. The SMILES string of the molecule is O=S(=O)(Nc1ccc(-c2ncc3n2CCCC3)cc1)c1cnn(-c2ccccc2)c1. The molecule has 0 radical (unpaired) electrons. The molecule has 4 aromatic rings. The van der Waals surface area contributed by atoms with Gasteiger partial charge in [0.1, 0.15) is 10.7 Å². The summed E-state index contributed by atoms with van der Waals surface area (Å²) in [7, 11) is -3.74. The van der Waals surface area contributed by atoms with Crippen molar-refractivity contribution in [3.8, 4) is 17.1 Å². The lowest BCUT2D eigenvalue weighted by Gasteiger charge is -2.16. The predicted octanol–water partition coefficient (Wildman–Crippen LogP) is 3.87. The minimum absolute atomic E-state index is 0.109. The van der Waals surface area contributed by atoms with Crippen molar-refractivity contribution >= 4 is 15.7 Å². The number of hydrogen-bond acceptors (Lipinski definition) is 4. The molecular weight excluding hydrogens is 398 g/mol. The summed E-state index contributed by atoms with van der Waals surface area (Å²) in [4.78, 5) is 4.67. The van der Waals surface area contributed by atoms with Crippen molar-refractivity contribution in [3.05, 3.63) is 78.9 Å². The third-order valence-electron chi connectivity index (χ3n) is 5.29. The maximum Gasteiger partial charge on any atom is 0.265 e. The summed E-state index contributed by atoms with van der Waals surface area (Å²) >= 11 is 0. The van der Waals surface area contributed by atoms with Crippen LogP contribution in [-0.4, -0.2) is 27.7 Å². The third-order valence-corrected chi connectivity index (χ3v) is 6.62. The largest absolute Gasteiger partial charge is 0.328 e. The number of rotatable bonds is 5. The molecule has 0 saturated heterocycles. The summed E-state index contributed by atoms with van der Waals surface area (Å²) in [6.45, 7) is 0.977. The second kappa shape index (κ2) is 7.46. The van der Waals surface area contributed by atoms with Crippen molar-refractivity contribution < 1.29 is 8.42 Å². The molecule has 1 N–H and O–H groups in total. The summed E-state index contributed by atoms with van der Waals surface area (Å²) in [5, 5.41) is 4.17. The Morgan fingerprint density at radius 1 is 0.933 bits per heavy atom. The highest BCUT2D eigenvalue weighted by Crippen LogP contribution is 2.26. The third kappa shape index (κ3) is 3.50. The Labute approximate surface area is 175 Å². The highest BCUT2D eigenvalue weighted by atomic mass is 32.2. The smallest absolute Gasteiger partial charge is 0.265 e. The molecule has 0 amide bonds. The Bertz CT molecular complexity index is 1270. The van der Waals surface area contributed by atoms with Crippen molar-refractivity contribution in [1.82, 2.24) is 19.3 Å². The topological polar surface area (TPSA) is 81.8 Å². The normalized spacial score (nSPS) is 13.7. The molecule has 152 valence electrons. The van der Waals surface area contributed by atoms with Crippen LogP contribution in [0.25, 0.3) is 17.1 Å². The molecule has 0 spiro atoms. The maximum atomic E-state index is 12.8. The number of hydrogen-bond donors (Lipinski definition) is 1. The molecule has 1 aliphatic rings. The molecule has 1 aliphatic heterocycles. The van der Waals surface area contributed by atoms with E-state index < -0.39 is 10.0 Å². The zero-order valence-corrected chi connectivity index (χ0v) is 17.1. The van der Waals surface area contributed by atoms with E-state index >= 15 is 0 Å². The number of nitrogens with zero attached hydrogens (tertiary/aromatic N) is 4. The lowest BCUT2D eigenvalue weighted by molar-refractivity contribution is 0.536. The van der Waals surface area contributed by atoms with Crippen molar-refractivity contribution in [2.75, 3.05) is 4.72 Å². The van der Waals surface area contributed by atoms with E-state index in [1.807, 2.05) is 48.7 Å². The van der Waals surface area contributed by atoms with Gasteiger partial charge in [0.05, 0.1) is 18.1 Å². The maximum absolute atomic E-state index is 12.8. The van der Waals surface area contributed by atoms with Crippen LogP contribution >= 0.6 is 0 Å². The number of para-hydroxylation sites is 1. The minimum atomic E-state index is -3.74. The van der Waals surface area contributed by atoms with Gasteiger partial charge in [-0.25, -0.2) is 18.1 Å². The monoisotopic (exact) mass is 419 g/mol. The summed E-state index contributed by atoms with van der Waals surface area (Å²) in [6.07, 6.45) is 8.21. The minimum Gasteiger partial charge on any atom is -0.328 e. The lowest BCUT2D eigenvalue weighted by Crippen LogP contribution is -2.12. The van der Waals surface area contributed by atoms with Crippen LogP contribution in [0, 0.1) is 0 Å². The molecular formula is C22H21N5O2S. The van der Waals surface area contributed by atoms with Gasteiger partial charge in [-0.3, -0.25) is 4.72 Å². The predicted molar refractivity (Wildman–Crippen MR) is 115 cm³/mol. The van der Waals surface area contributed by atoms with E-state index in [1.165, 1.54) is 24.5 Å². The Morgan fingerprint density at radius 3 is 2.53 bits per heavy atom. The Hall–Kier alpha value is -3.39. The summed E-state index contributed by atoms with van der Waals surface area (Å²) < 4.78 is 32.0. The van der Waals surface area contributed by atoms with Crippen molar-refractivity contribution in [3.63, 3.8) is 0 Å². The van der Waals surface area contributed by atoms with E-state index in [9.17, 15) is 8.42 Å². The van der Waals surface area contributed by atoms with Gasteiger partial charge in [-0.15, -0.1) is 0 Å². The first-order chi connectivity index (χ1) is 14.6. The van der Waals surface area contributed by atoms with Crippen molar-refractivity contribution in [1.29, 1.82) is 0 Å². The summed E-state index contributed by atoms with van der Waals surface area (Å²) in [5.41, 5.74) is 3.53. The van der Waals surface area contributed by atoms with E-state index in [0.29, 0.717) is 5.69 Å². The molecule has 30 heavy (non-hydrogen) atoms. The van der Waals surface area contributed by atoms with Gasteiger partial charge in [-0.2, -0.15) is 5.10 Å². The number of imidazole rings is 1. The van der Waals surface area contributed by atoms with Gasteiger partial charge < -0.3 is 4.57 Å². The molecule has 7 nitrogen and oxygen atoms in total. The van der Waals surface area contributed by atoms with Crippen LogP contribution in [0.2, 0.25) is 0 Å². The van der Waals surface area contributed by atoms with Crippen molar-refractivity contribution in [2.24, 2.45) is 0 Å². The number of nitrogens with one attached hydrogen (secondary N) is 1. The van der Waals surface area contributed by atoms with E-state index in [0.717, 1.165) is 36.5 Å². The number of sulfonamides is 1. The van der Waals surface area contributed by atoms with E-state index in [2.05, 4.69) is 19.4 Å². The summed E-state index contributed by atoms with van der Waals surface area (Å²) in [6, 6.07) is 16.7. The van der Waals surface area contributed by atoms with Crippen LogP contribution in [0.3, 0.4) is 0 Å². The zero-order chi connectivity index (χ0) is 20.6. The van der Waals surface area contributed by atoms with Crippen LogP contribution in [0.4, 0.5) is 5.69 Å². The highest BCUT2D eigenvalue weighted by Gasteiger charge is 2.18. The van der Waals surface area contributed by atoms with Gasteiger partial charge in [-0.1, -0.05) is 18.2 Å². The van der Waals surface area contributed by atoms with Gasteiger partial charge in [-0.05, 0) is 55.7 Å². The number of fused-ring (bicyclic) bond motifs is 1. The van der Waals surface area contributed by atoms with Crippen LogP contribution in [0.1, 0.15) is 18.5 Å². The molecule has 2 aromatic carbocycles. The molecule has 5 rings (SSSR count). The van der Waals surface area contributed by atoms with Crippen LogP contribution in [0.15, 0.2) is 78.1 Å². The first-order valence-electron chi connectivity index (χ1n) is 9.88. The second-order valence-corrected chi connectivity index (χ2v) is 9.00. The van der Waals surface area contributed by atoms with E-state index in [4.69, 9.17) is 0 Å². The highest BCUT2D eigenvalue weighted by molar-refractivity contribution is 7.92. The molecule has 0 atom stereocenters. The zero-order valence-electron chi connectivity index (χ0n) is 16.3. The fraction of sp³-hybridized carbons (Fsp3) is 0.182. The number of aryl methyl sites for hydroxylation is 1. The molecule has 0 aliphatic carbocycles. The average molecular weight is 420 g/mol.